The lowest BCUT2D eigenvalue weighted by Crippen LogP contribution is -2.16. The number of aromatic nitrogens is 1. The highest BCUT2D eigenvalue weighted by Crippen LogP contribution is 2.25. The summed E-state index contributed by atoms with van der Waals surface area (Å²) < 4.78 is 8.74. The molecular weight excluding hydrogens is 380 g/mol. The zero-order valence-electron chi connectivity index (χ0n) is 15.6. The first-order chi connectivity index (χ1) is 13.1. The van der Waals surface area contributed by atoms with Crippen molar-refractivity contribution in [2.45, 2.75) is 39.7 Å². The van der Waals surface area contributed by atoms with Gasteiger partial charge in [0, 0.05) is 12.1 Å². The van der Waals surface area contributed by atoms with Crippen molar-refractivity contribution in [1.29, 1.82) is 0 Å². The van der Waals surface area contributed by atoms with E-state index in [1.165, 1.54) is 11.3 Å². The van der Waals surface area contributed by atoms with Gasteiger partial charge < -0.3 is 9.30 Å². The molecule has 0 atom stereocenters. The average Bonchev–Trinajstić information content (AvgIpc) is 3.04. The minimum absolute atomic E-state index is 0.279. The number of hydrogen-bond donors (Lipinski definition) is 0. The van der Waals surface area contributed by atoms with Crippen molar-refractivity contribution in [1.82, 2.24) is 4.57 Å². The molecule has 27 heavy (non-hydrogen) atoms. The Kier molecular flexibility index (Phi) is 6.69. The Morgan fingerprint density at radius 1 is 1.19 bits per heavy atom. The van der Waals surface area contributed by atoms with Gasteiger partial charge >= 0.3 is 0 Å². The Hall–Kier alpha value is -2.11. The number of unbranched alkanes of at least 4 members (excludes halogenated alkanes) is 2. The van der Waals surface area contributed by atoms with E-state index in [2.05, 4.69) is 11.9 Å². The molecule has 0 N–H and O–H groups in total. The van der Waals surface area contributed by atoms with Crippen LogP contribution in [0.3, 0.4) is 0 Å². The summed E-state index contributed by atoms with van der Waals surface area (Å²) in [6.45, 7) is 5.53. The number of carbonyl (C=O) groups excluding carboxylic acids is 1. The fraction of sp³-hybridized carbons (Fsp3) is 0.333. The largest absolute Gasteiger partial charge is 0.494 e. The average molecular weight is 403 g/mol. The van der Waals surface area contributed by atoms with Crippen LogP contribution < -0.4 is 9.54 Å². The molecule has 1 aromatic heterocycles. The molecule has 6 heteroatoms. The Balaban J connectivity index is 1.89. The molecule has 0 saturated carbocycles. The van der Waals surface area contributed by atoms with E-state index in [1.807, 2.05) is 41.8 Å². The fourth-order valence-corrected chi connectivity index (χ4v) is 4.33. The number of benzene rings is 2. The number of thiazole rings is 1. The summed E-state index contributed by atoms with van der Waals surface area (Å²) in [5.74, 6) is 0.425. The molecule has 0 bridgehead atoms. The standard InChI is InChI=1S/C21H23ClN2O2S/c1-3-5-6-13-26-16-10-7-9-15(14-16)20(25)23-21-24(4-2)19-17(22)11-8-12-18(19)27-21/h7-12,14H,3-6,13H2,1-2H3. The van der Waals surface area contributed by atoms with Crippen molar-refractivity contribution in [3.05, 3.63) is 57.9 Å². The van der Waals surface area contributed by atoms with Crippen molar-refractivity contribution < 1.29 is 9.53 Å². The monoisotopic (exact) mass is 402 g/mol. The third-order valence-corrected chi connectivity index (χ3v) is 5.61. The van der Waals surface area contributed by atoms with Crippen molar-refractivity contribution >= 4 is 39.1 Å². The second kappa shape index (κ2) is 9.20. The van der Waals surface area contributed by atoms with E-state index in [4.69, 9.17) is 16.3 Å². The molecule has 3 rings (SSSR count). The summed E-state index contributed by atoms with van der Waals surface area (Å²) in [6, 6.07) is 13.0. The number of aryl methyl sites for hydroxylation is 1. The molecule has 1 amide bonds. The highest BCUT2D eigenvalue weighted by Gasteiger charge is 2.11. The van der Waals surface area contributed by atoms with Gasteiger partial charge in [0.1, 0.15) is 5.75 Å². The number of nitrogens with zero attached hydrogens (tertiary/aromatic N) is 2. The fourth-order valence-electron chi connectivity index (χ4n) is 2.88. The molecule has 0 radical (unpaired) electrons. The van der Waals surface area contributed by atoms with Crippen LogP contribution in [0.15, 0.2) is 47.5 Å². The third kappa shape index (κ3) is 4.60. The molecule has 3 aromatic rings. The van der Waals surface area contributed by atoms with Crippen LogP contribution in [0.5, 0.6) is 5.75 Å². The summed E-state index contributed by atoms with van der Waals surface area (Å²) in [6.07, 6.45) is 3.30. The number of carbonyl (C=O) groups is 1. The van der Waals surface area contributed by atoms with Crippen LogP contribution in [0, 0.1) is 0 Å². The lowest BCUT2D eigenvalue weighted by Gasteiger charge is -2.06. The smallest absolute Gasteiger partial charge is 0.279 e. The summed E-state index contributed by atoms with van der Waals surface area (Å²) in [5, 5.41) is 0.668. The molecule has 4 nitrogen and oxygen atoms in total. The Labute approximate surface area is 168 Å². The van der Waals surface area contributed by atoms with Crippen LogP contribution in [0.25, 0.3) is 10.2 Å². The van der Waals surface area contributed by atoms with E-state index in [0.29, 0.717) is 34.3 Å². The summed E-state index contributed by atoms with van der Waals surface area (Å²) >= 11 is 7.81. The van der Waals surface area contributed by atoms with Gasteiger partial charge in [0.05, 0.1) is 21.8 Å². The molecule has 0 aliphatic carbocycles. The maximum Gasteiger partial charge on any atom is 0.279 e. The predicted molar refractivity (Wildman–Crippen MR) is 112 cm³/mol. The van der Waals surface area contributed by atoms with E-state index < -0.39 is 0 Å². The first kappa shape index (κ1) is 19.6. The molecule has 0 aliphatic rings. The number of rotatable bonds is 7. The maximum absolute atomic E-state index is 12.7. The quantitative estimate of drug-likeness (QED) is 0.476. The van der Waals surface area contributed by atoms with E-state index in [1.54, 1.807) is 12.1 Å². The summed E-state index contributed by atoms with van der Waals surface area (Å²) in [5.41, 5.74) is 1.44. The van der Waals surface area contributed by atoms with Gasteiger partial charge in [-0.2, -0.15) is 4.99 Å². The Morgan fingerprint density at radius 3 is 2.78 bits per heavy atom. The second-order valence-corrected chi connectivity index (χ2v) is 7.63. The predicted octanol–water partition coefficient (Wildman–Crippen LogP) is 5.69. The highest BCUT2D eigenvalue weighted by atomic mass is 35.5. The Morgan fingerprint density at radius 2 is 2.00 bits per heavy atom. The lowest BCUT2D eigenvalue weighted by atomic mass is 10.2. The molecular formula is C21H23ClN2O2S. The van der Waals surface area contributed by atoms with Crippen LogP contribution >= 0.6 is 22.9 Å². The van der Waals surface area contributed by atoms with E-state index in [9.17, 15) is 4.79 Å². The Bertz CT molecular complexity index is 1010. The number of halogens is 1. The van der Waals surface area contributed by atoms with Crippen molar-refractivity contribution in [2.24, 2.45) is 4.99 Å². The van der Waals surface area contributed by atoms with Gasteiger partial charge in [-0.3, -0.25) is 4.79 Å². The molecule has 0 spiro atoms. The van der Waals surface area contributed by atoms with E-state index in [-0.39, 0.29) is 5.91 Å². The number of ether oxygens (including phenoxy) is 1. The molecule has 1 heterocycles. The minimum atomic E-state index is -0.279. The van der Waals surface area contributed by atoms with Crippen molar-refractivity contribution in [2.75, 3.05) is 6.61 Å². The number of hydrogen-bond acceptors (Lipinski definition) is 3. The minimum Gasteiger partial charge on any atom is -0.494 e. The van der Waals surface area contributed by atoms with Crippen LogP contribution in [-0.2, 0) is 6.54 Å². The van der Waals surface area contributed by atoms with Crippen LogP contribution in [0.1, 0.15) is 43.5 Å². The second-order valence-electron chi connectivity index (χ2n) is 6.22. The van der Waals surface area contributed by atoms with Gasteiger partial charge in [-0.15, -0.1) is 0 Å². The molecule has 0 aliphatic heterocycles. The van der Waals surface area contributed by atoms with Crippen molar-refractivity contribution in [3.8, 4) is 5.75 Å². The highest BCUT2D eigenvalue weighted by molar-refractivity contribution is 7.16. The molecule has 0 unspecified atom stereocenters. The third-order valence-electron chi connectivity index (χ3n) is 4.26. The van der Waals surface area contributed by atoms with Gasteiger partial charge in [0.25, 0.3) is 5.91 Å². The van der Waals surface area contributed by atoms with Gasteiger partial charge in [-0.1, -0.05) is 54.8 Å². The van der Waals surface area contributed by atoms with Gasteiger partial charge in [-0.05, 0) is 43.7 Å². The number of fused-ring (bicyclic) bond motifs is 1. The molecule has 2 aromatic carbocycles. The first-order valence-electron chi connectivity index (χ1n) is 9.23. The van der Waals surface area contributed by atoms with Crippen LogP contribution in [0.4, 0.5) is 0 Å². The zero-order chi connectivity index (χ0) is 19.2. The first-order valence-corrected chi connectivity index (χ1v) is 10.4. The van der Waals surface area contributed by atoms with Crippen LogP contribution in [-0.4, -0.2) is 17.1 Å². The maximum atomic E-state index is 12.7. The zero-order valence-corrected chi connectivity index (χ0v) is 17.1. The summed E-state index contributed by atoms with van der Waals surface area (Å²) in [7, 11) is 0. The summed E-state index contributed by atoms with van der Waals surface area (Å²) in [4.78, 5) is 17.7. The molecule has 0 fully saturated rings. The number of para-hydroxylation sites is 1. The van der Waals surface area contributed by atoms with Crippen molar-refractivity contribution in [3.63, 3.8) is 0 Å². The van der Waals surface area contributed by atoms with Crippen LogP contribution in [0.2, 0.25) is 5.02 Å². The van der Waals surface area contributed by atoms with E-state index >= 15 is 0 Å². The lowest BCUT2D eigenvalue weighted by molar-refractivity contribution is 0.0997. The van der Waals surface area contributed by atoms with Gasteiger partial charge in [-0.25, -0.2) is 0 Å². The molecule has 142 valence electrons. The molecule has 0 saturated heterocycles. The normalized spacial score (nSPS) is 11.9. The topological polar surface area (TPSA) is 43.6 Å². The van der Waals surface area contributed by atoms with Gasteiger partial charge in [0.15, 0.2) is 4.80 Å². The van der Waals surface area contributed by atoms with Gasteiger partial charge in [0.2, 0.25) is 0 Å². The SMILES string of the molecule is CCCCCOc1cccc(C(=O)N=c2sc3cccc(Cl)c3n2CC)c1. The number of amides is 1. The van der Waals surface area contributed by atoms with E-state index in [0.717, 1.165) is 29.5 Å².